The molecule has 0 aliphatic heterocycles. The molecular weight excluding hydrogens is 727 g/mol. The van der Waals surface area contributed by atoms with Crippen LogP contribution in [-0.4, -0.2) is 15.0 Å². The van der Waals surface area contributed by atoms with Gasteiger partial charge in [-0.05, 0) is 80.2 Å². The van der Waals surface area contributed by atoms with E-state index < -0.39 is 0 Å². The van der Waals surface area contributed by atoms with Crippen LogP contribution in [0, 0.1) is 0 Å². The predicted molar refractivity (Wildman–Crippen MR) is 242 cm³/mol. The zero-order valence-corrected chi connectivity index (χ0v) is 31.9. The van der Waals surface area contributed by atoms with Crippen LogP contribution in [0.2, 0.25) is 0 Å². The van der Waals surface area contributed by atoms with Gasteiger partial charge in [0.05, 0.1) is 0 Å². The summed E-state index contributed by atoms with van der Waals surface area (Å²) in [6, 6.07) is 66.2. The third-order valence-corrected chi connectivity index (χ3v) is 12.5. The number of furan rings is 1. The van der Waals surface area contributed by atoms with Gasteiger partial charge in [0, 0.05) is 47.6 Å². The molecule has 12 rings (SSSR count). The molecule has 0 unspecified atom stereocenters. The van der Waals surface area contributed by atoms with E-state index in [4.69, 9.17) is 19.4 Å². The molecule has 0 atom stereocenters. The quantitative estimate of drug-likeness (QED) is 0.164. The smallest absolute Gasteiger partial charge is 0.165 e. The van der Waals surface area contributed by atoms with Crippen molar-refractivity contribution in [2.24, 2.45) is 0 Å². The second-order valence-corrected chi connectivity index (χ2v) is 15.8. The van der Waals surface area contributed by atoms with Crippen LogP contribution in [0.15, 0.2) is 192 Å². The molecule has 4 nitrogen and oxygen atoms in total. The normalized spacial score (nSPS) is 11.8. The van der Waals surface area contributed by atoms with Crippen LogP contribution in [0.1, 0.15) is 0 Å². The Hall–Kier alpha value is -7.47. The molecule has 0 aliphatic rings. The van der Waals surface area contributed by atoms with Gasteiger partial charge in [-0.1, -0.05) is 152 Å². The van der Waals surface area contributed by atoms with Crippen molar-refractivity contribution in [1.82, 2.24) is 15.0 Å². The Labute approximate surface area is 337 Å². The standard InChI is InChI=1S/C53H31N3OS/c1-2-11-32(12-3-1)33-21-23-35(24-22-33)40-29-30-45-49(41-15-6-8-18-44(41)57-45)50(40)53-55-51(37-27-28-39-36(31-37)26-25-34-13-4-5-14-38(34)39)54-52(56-53)43-17-10-20-47-48(43)42-16-7-9-19-46(42)58-47/h1-31H. The maximum Gasteiger partial charge on any atom is 0.165 e. The zero-order valence-electron chi connectivity index (χ0n) is 31.1. The molecule has 3 aromatic heterocycles. The molecule has 58 heavy (non-hydrogen) atoms. The van der Waals surface area contributed by atoms with Gasteiger partial charge in [0.1, 0.15) is 11.2 Å². The van der Waals surface area contributed by atoms with Crippen LogP contribution in [-0.2, 0) is 0 Å². The SMILES string of the molecule is c1ccc(-c2ccc(-c3ccc4oc5ccccc5c4c3-c3nc(-c4ccc5c(ccc6ccccc65)c4)nc(-c4cccc5sc6ccccc6c45)n3)cc2)cc1. The van der Waals surface area contributed by atoms with Crippen LogP contribution >= 0.6 is 11.3 Å². The number of thiophene rings is 1. The van der Waals surface area contributed by atoms with E-state index in [9.17, 15) is 0 Å². The van der Waals surface area contributed by atoms with Crippen LogP contribution in [0.3, 0.4) is 0 Å². The minimum absolute atomic E-state index is 0.592. The number of para-hydroxylation sites is 1. The molecule has 0 saturated heterocycles. The molecule has 5 heteroatoms. The van der Waals surface area contributed by atoms with Gasteiger partial charge in [-0.15, -0.1) is 11.3 Å². The molecule has 0 N–H and O–H groups in total. The van der Waals surface area contributed by atoms with Gasteiger partial charge in [-0.3, -0.25) is 0 Å². The number of hydrogen-bond acceptors (Lipinski definition) is 5. The van der Waals surface area contributed by atoms with E-state index in [1.54, 1.807) is 11.3 Å². The number of hydrogen-bond donors (Lipinski definition) is 0. The van der Waals surface area contributed by atoms with Gasteiger partial charge in [-0.2, -0.15) is 0 Å². The number of rotatable bonds is 5. The van der Waals surface area contributed by atoms with Gasteiger partial charge < -0.3 is 4.42 Å². The highest BCUT2D eigenvalue weighted by Gasteiger charge is 2.23. The summed E-state index contributed by atoms with van der Waals surface area (Å²) in [6.07, 6.45) is 0. The van der Waals surface area contributed by atoms with E-state index >= 15 is 0 Å². The Bertz CT molecular complexity index is 3570. The summed E-state index contributed by atoms with van der Waals surface area (Å²) in [5, 5.41) is 9.11. The molecule has 270 valence electrons. The second-order valence-electron chi connectivity index (χ2n) is 14.7. The average molecular weight is 758 g/mol. The molecule has 0 aliphatic carbocycles. The zero-order chi connectivity index (χ0) is 38.2. The van der Waals surface area contributed by atoms with Gasteiger partial charge in [-0.25, -0.2) is 15.0 Å². The molecule has 0 saturated carbocycles. The van der Waals surface area contributed by atoms with Crippen molar-refractivity contribution in [2.75, 3.05) is 0 Å². The summed E-state index contributed by atoms with van der Waals surface area (Å²) in [6.45, 7) is 0. The maximum atomic E-state index is 6.52. The van der Waals surface area contributed by atoms with E-state index in [2.05, 4.69) is 170 Å². The second kappa shape index (κ2) is 13.1. The highest BCUT2D eigenvalue weighted by Crippen LogP contribution is 2.44. The van der Waals surface area contributed by atoms with E-state index in [0.717, 1.165) is 66.1 Å². The van der Waals surface area contributed by atoms with Gasteiger partial charge in [0.2, 0.25) is 0 Å². The lowest BCUT2D eigenvalue weighted by Gasteiger charge is -2.14. The number of aromatic nitrogens is 3. The molecular formula is C53H31N3OS. The predicted octanol–water partition coefficient (Wildman–Crippen LogP) is 14.8. The van der Waals surface area contributed by atoms with Crippen LogP contribution in [0.5, 0.6) is 0 Å². The number of benzene rings is 9. The first-order valence-electron chi connectivity index (χ1n) is 19.4. The summed E-state index contributed by atoms with van der Waals surface area (Å²) in [7, 11) is 0. The summed E-state index contributed by atoms with van der Waals surface area (Å²) < 4.78 is 8.95. The van der Waals surface area contributed by atoms with E-state index in [1.165, 1.54) is 36.5 Å². The van der Waals surface area contributed by atoms with Crippen molar-refractivity contribution in [1.29, 1.82) is 0 Å². The third kappa shape index (κ3) is 5.25. The minimum atomic E-state index is 0.592. The molecule has 3 heterocycles. The lowest BCUT2D eigenvalue weighted by Crippen LogP contribution is -2.02. The molecule has 0 bridgehead atoms. The Morgan fingerprint density at radius 1 is 0.345 bits per heavy atom. The Morgan fingerprint density at radius 2 is 1.00 bits per heavy atom. The van der Waals surface area contributed by atoms with Crippen LogP contribution in [0.4, 0.5) is 0 Å². The summed E-state index contributed by atoms with van der Waals surface area (Å²) in [4.78, 5) is 16.2. The fourth-order valence-corrected chi connectivity index (χ4v) is 9.74. The van der Waals surface area contributed by atoms with Crippen molar-refractivity contribution in [3.05, 3.63) is 188 Å². The molecule has 0 radical (unpaired) electrons. The first kappa shape index (κ1) is 32.7. The molecule has 0 amide bonds. The monoisotopic (exact) mass is 757 g/mol. The summed E-state index contributed by atoms with van der Waals surface area (Å²) in [5.41, 5.74) is 8.84. The average Bonchev–Trinajstić information content (AvgIpc) is 3.87. The molecule has 12 aromatic rings. The molecule has 0 spiro atoms. The first-order valence-corrected chi connectivity index (χ1v) is 20.2. The number of nitrogens with zero attached hydrogens (tertiary/aromatic N) is 3. The van der Waals surface area contributed by atoms with Gasteiger partial charge in [0.15, 0.2) is 17.5 Å². The summed E-state index contributed by atoms with van der Waals surface area (Å²) in [5.74, 6) is 1.83. The fourth-order valence-electron chi connectivity index (χ4n) is 8.61. The van der Waals surface area contributed by atoms with Gasteiger partial charge in [0.25, 0.3) is 0 Å². The highest BCUT2D eigenvalue weighted by atomic mass is 32.1. The lowest BCUT2D eigenvalue weighted by molar-refractivity contribution is 0.669. The summed E-state index contributed by atoms with van der Waals surface area (Å²) >= 11 is 1.79. The molecule has 9 aromatic carbocycles. The molecule has 0 fully saturated rings. The topological polar surface area (TPSA) is 51.8 Å². The Balaban J connectivity index is 1.15. The van der Waals surface area contributed by atoms with Crippen molar-refractivity contribution in [3.63, 3.8) is 0 Å². The van der Waals surface area contributed by atoms with Crippen LogP contribution < -0.4 is 0 Å². The lowest BCUT2D eigenvalue weighted by atomic mass is 9.93. The number of fused-ring (bicyclic) bond motifs is 9. The first-order chi connectivity index (χ1) is 28.7. The third-order valence-electron chi connectivity index (χ3n) is 11.4. The van der Waals surface area contributed by atoms with Gasteiger partial charge >= 0.3 is 0 Å². The van der Waals surface area contributed by atoms with E-state index in [1.807, 2.05) is 18.2 Å². The van der Waals surface area contributed by atoms with E-state index in [0.29, 0.717) is 17.5 Å². The largest absolute Gasteiger partial charge is 0.456 e. The van der Waals surface area contributed by atoms with Crippen molar-refractivity contribution in [3.8, 4) is 56.4 Å². The van der Waals surface area contributed by atoms with E-state index in [-0.39, 0.29) is 0 Å². The maximum absolute atomic E-state index is 6.52. The van der Waals surface area contributed by atoms with Crippen LogP contribution in [0.25, 0.3) is 120 Å². The van der Waals surface area contributed by atoms with Crippen molar-refractivity contribution < 1.29 is 4.42 Å². The Morgan fingerprint density at radius 3 is 1.90 bits per heavy atom. The minimum Gasteiger partial charge on any atom is -0.456 e. The fraction of sp³-hybridized carbons (Fsp3) is 0. The van der Waals surface area contributed by atoms with Crippen molar-refractivity contribution in [2.45, 2.75) is 0 Å². The Kier molecular flexibility index (Phi) is 7.37. The van der Waals surface area contributed by atoms with Crippen molar-refractivity contribution >= 4 is 75.0 Å². The highest BCUT2D eigenvalue weighted by molar-refractivity contribution is 7.25.